The van der Waals surface area contributed by atoms with E-state index in [1.807, 2.05) is 12.2 Å². The van der Waals surface area contributed by atoms with Gasteiger partial charge < -0.3 is 9.84 Å². The van der Waals surface area contributed by atoms with Crippen LogP contribution in [-0.2, 0) is 22.3 Å². The third-order valence-electron chi connectivity index (χ3n) is 5.07. The Kier molecular flexibility index (Phi) is 8.83. The fraction of sp³-hybridized carbons (Fsp3) is 0.571. The molecule has 0 spiro atoms. The van der Waals surface area contributed by atoms with E-state index in [1.54, 1.807) is 6.07 Å². The van der Waals surface area contributed by atoms with Crippen molar-refractivity contribution >= 4 is 17.6 Å². The van der Waals surface area contributed by atoms with Crippen LogP contribution in [-0.4, -0.2) is 23.1 Å². The number of ether oxygens (including phenoxy) is 1. The Morgan fingerprint density at radius 1 is 1.29 bits per heavy atom. The van der Waals surface area contributed by atoms with E-state index in [0.717, 1.165) is 37.8 Å². The van der Waals surface area contributed by atoms with Crippen molar-refractivity contribution in [2.75, 3.05) is 6.61 Å². The van der Waals surface area contributed by atoms with Crippen LogP contribution in [0.15, 0.2) is 36.4 Å². The first-order chi connectivity index (χ1) is 13.3. The second kappa shape index (κ2) is 10.9. The van der Waals surface area contributed by atoms with Gasteiger partial charge in [-0.15, -0.1) is 11.6 Å². The number of carbonyl (C=O) groups is 1. The fourth-order valence-electron chi connectivity index (χ4n) is 3.55. The number of hydrogen-bond acceptors (Lipinski definition) is 2. The van der Waals surface area contributed by atoms with Crippen molar-refractivity contribution in [1.82, 2.24) is 0 Å². The fourth-order valence-corrected chi connectivity index (χ4v) is 3.99. The number of halogens is 4. The molecule has 2 rings (SSSR count). The topological polar surface area (TPSA) is 46.5 Å². The number of carboxylic acids is 1. The summed E-state index contributed by atoms with van der Waals surface area (Å²) in [6.45, 7) is 0.613. The maximum absolute atomic E-state index is 12.8. The zero-order chi connectivity index (χ0) is 20.6. The first-order valence-electron chi connectivity index (χ1n) is 9.52. The number of benzene rings is 1. The Hall–Kier alpha value is -1.53. The lowest BCUT2D eigenvalue weighted by Gasteiger charge is -2.20. The molecule has 3 atom stereocenters. The van der Waals surface area contributed by atoms with Crippen LogP contribution in [0, 0.1) is 11.8 Å². The highest BCUT2D eigenvalue weighted by Gasteiger charge is 2.34. The highest BCUT2D eigenvalue weighted by molar-refractivity contribution is 6.21. The molecule has 1 aliphatic carbocycles. The van der Waals surface area contributed by atoms with Crippen molar-refractivity contribution in [1.29, 1.82) is 0 Å². The summed E-state index contributed by atoms with van der Waals surface area (Å²) in [6.07, 6.45) is 3.84. The Labute approximate surface area is 168 Å². The van der Waals surface area contributed by atoms with Gasteiger partial charge in [0.15, 0.2) is 0 Å². The van der Waals surface area contributed by atoms with Gasteiger partial charge >= 0.3 is 12.1 Å². The summed E-state index contributed by atoms with van der Waals surface area (Å²) in [7, 11) is 0. The Bertz CT molecular complexity index is 661. The molecule has 0 radical (unpaired) electrons. The molecule has 0 heterocycles. The van der Waals surface area contributed by atoms with E-state index in [2.05, 4.69) is 0 Å². The molecule has 1 aromatic rings. The molecule has 3 nitrogen and oxygen atoms in total. The van der Waals surface area contributed by atoms with E-state index >= 15 is 0 Å². The molecule has 1 aliphatic rings. The highest BCUT2D eigenvalue weighted by atomic mass is 35.5. The lowest BCUT2D eigenvalue weighted by Crippen LogP contribution is -2.19. The van der Waals surface area contributed by atoms with Gasteiger partial charge in [-0.3, -0.25) is 4.79 Å². The molecule has 1 aromatic carbocycles. The Morgan fingerprint density at radius 3 is 2.79 bits per heavy atom. The third-order valence-corrected chi connectivity index (χ3v) is 5.62. The Morgan fingerprint density at radius 2 is 2.07 bits per heavy atom. The van der Waals surface area contributed by atoms with Crippen molar-refractivity contribution in [2.45, 2.75) is 56.7 Å². The second-order valence-corrected chi connectivity index (χ2v) is 7.78. The lowest BCUT2D eigenvalue weighted by atomic mass is 9.93. The molecule has 0 saturated heterocycles. The summed E-state index contributed by atoms with van der Waals surface area (Å²) in [6, 6.07) is 5.20. The second-order valence-electron chi connectivity index (χ2n) is 7.22. The van der Waals surface area contributed by atoms with Crippen LogP contribution in [0.4, 0.5) is 13.2 Å². The van der Waals surface area contributed by atoms with Crippen LogP contribution in [0.3, 0.4) is 0 Å². The van der Waals surface area contributed by atoms with Gasteiger partial charge in [-0.2, -0.15) is 13.2 Å². The van der Waals surface area contributed by atoms with Crippen molar-refractivity contribution < 1.29 is 27.8 Å². The molecule has 7 heteroatoms. The van der Waals surface area contributed by atoms with Gasteiger partial charge in [0.2, 0.25) is 0 Å². The molecule has 0 amide bonds. The largest absolute Gasteiger partial charge is 0.481 e. The van der Waals surface area contributed by atoms with Crippen LogP contribution < -0.4 is 0 Å². The van der Waals surface area contributed by atoms with Crippen LogP contribution >= 0.6 is 11.6 Å². The van der Waals surface area contributed by atoms with Crippen molar-refractivity contribution in [3.05, 3.63) is 47.5 Å². The molecule has 0 bridgehead atoms. The summed E-state index contributed by atoms with van der Waals surface area (Å²) < 4.78 is 44.0. The minimum absolute atomic E-state index is 0.0610. The van der Waals surface area contributed by atoms with Crippen LogP contribution in [0.5, 0.6) is 0 Å². The normalized spacial score (nSPS) is 22.8. The van der Waals surface area contributed by atoms with E-state index in [-0.39, 0.29) is 30.2 Å². The smallest absolute Gasteiger partial charge is 0.416 e. The predicted molar refractivity (Wildman–Crippen MR) is 102 cm³/mol. The standard InChI is InChI=1S/C21H26ClF3O3/c22-19-11-10-16(18(19)8-3-1-2-4-9-20(26)27)14-28-13-15-6-5-7-17(12-15)21(23,24)25/h1,3,5-7,12,16,18-19H,2,4,8-11,13-14H2,(H,26,27)/b3-1-/t16-,18-,19-/m1/s1. The number of unbranched alkanes of at least 4 members (excludes halogenated alkanes) is 1. The minimum Gasteiger partial charge on any atom is -0.481 e. The molecule has 1 saturated carbocycles. The average Bonchev–Trinajstić information content (AvgIpc) is 2.97. The molecule has 1 N–H and O–H groups in total. The molecule has 0 aromatic heterocycles. The average molecular weight is 419 g/mol. The number of allylic oxidation sites excluding steroid dienone is 2. The van der Waals surface area contributed by atoms with Gasteiger partial charge in [0.25, 0.3) is 0 Å². The minimum atomic E-state index is -4.35. The molecular formula is C21H26ClF3O3. The van der Waals surface area contributed by atoms with Gasteiger partial charge in [-0.1, -0.05) is 24.3 Å². The van der Waals surface area contributed by atoms with Crippen LogP contribution in [0.1, 0.15) is 49.7 Å². The Balaban J connectivity index is 1.78. The SMILES string of the molecule is O=C(O)CCC/C=C\C[C@@H]1[C@@H](COCc2cccc(C(F)(F)F)c2)CC[C@H]1Cl. The molecule has 0 aliphatic heterocycles. The van der Waals surface area contributed by atoms with Crippen molar-refractivity contribution in [2.24, 2.45) is 11.8 Å². The number of rotatable bonds is 10. The van der Waals surface area contributed by atoms with E-state index in [4.69, 9.17) is 21.4 Å². The van der Waals surface area contributed by atoms with Gasteiger partial charge in [-0.25, -0.2) is 0 Å². The van der Waals surface area contributed by atoms with E-state index in [1.165, 1.54) is 6.07 Å². The maximum atomic E-state index is 12.8. The molecular weight excluding hydrogens is 393 g/mol. The molecule has 28 heavy (non-hydrogen) atoms. The van der Waals surface area contributed by atoms with Gasteiger partial charge in [0.1, 0.15) is 0 Å². The quantitative estimate of drug-likeness (QED) is 0.285. The van der Waals surface area contributed by atoms with E-state index < -0.39 is 17.7 Å². The number of alkyl halides is 4. The first-order valence-corrected chi connectivity index (χ1v) is 9.95. The summed E-state index contributed by atoms with van der Waals surface area (Å²) in [5, 5.41) is 8.68. The van der Waals surface area contributed by atoms with Crippen LogP contribution in [0.25, 0.3) is 0 Å². The van der Waals surface area contributed by atoms with Crippen LogP contribution in [0.2, 0.25) is 0 Å². The maximum Gasteiger partial charge on any atom is 0.416 e. The predicted octanol–water partition coefficient (Wildman–Crippen LogP) is 6.06. The molecule has 1 fully saturated rings. The lowest BCUT2D eigenvalue weighted by molar-refractivity contribution is -0.138. The van der Waals surface area contributed by atoms with Crippen molar-refractivity contribution in [3.63, 3.8) is 0 Å². The van der Waals surface area contributed by atoms with Crippen molar-refractivity contribution in [3.8, 4) is 0 Å². The monoisotopic (exact) mass is 418 g/mol. The summed E-state index contributed by atoms with van der Waals surface area (Å²) in [5.74, 6) is -0.251. The third kappa shape index (κ3) is 7.47. The highest BCUT2D eigenvalue weighted by Crippen LogP contribution is 2.38. The van der Waals surface area contributed by atoms with E-state index in [9.17, 15) is 18.0 Å². The molecule has 0 unspecified atom stereocenters. The number of hydrogen-bond donors (Lipinski definition) is 1. The zero-order valence-corrected chi connectivity index (χ0v) is 16.4. The first kappa shape index (κ1) is 22.8. The number of aliphatic carboxylic acids is 1. The summed E-state index contributed by atoms with van der Waals surface area (Å²) >= 11 is 6.43. The summed E-state index contributed by atoms with van der Waals surface area (Å²) in [5.41, 5.74) is -0.161. The van der Waals surface area contributed by atoms with Gasteiger partial charge in [0.05, 0.1) is 18.8 Å². The zero-order valence-electron chi connectivity index (χ0n) is 15.6. The van der Waals surface area contributed by atoms with Gasteiger partial charge in [-0.05, 0) is 61.6 Å². The van der Waals surface area contributed by atoms with Gasteiger partial charge in [0, 0.05) is 11.8 Å². The molecule has 156 valence electrons. The number of carboxylic acid groups (broad SMARTS) is 1. The van der Waals surface area contributed by atoms with E-state index in [0.29, 0.717) is 18.6 Å². The summed E-state index contributed by atoms with van der Waals surface area (Å²) in [4.78, 5) is 10.5.